The van der Waals surface area contributed by atoms with E-state index in [1.807, 2.05) is 37.3 Å². The number of benzene rings is 2. The minimum Gasteiger partial charge on any atom is -0.497 e. The van der Waals surface area contributed by atoms with Crippen LogP contribution < -0.4 is 9.64 Å². The van der Waals surface area contributed by atoms with Crippen molar-refractivity contribution in [3.63, 3.8) is 0 Å². The van der Waals surface area contributed by atoms with E-state index >= 15 is 0 Å². The number of hydrogen-bond donors (Lipinski definition) is 0. The van der Waals surface area contributed by atoms with Crippen molar-refractivity contribution in [2.45, 2.75) is 25.4 Å². The lowest BCUT2D eigenvalue weighted by molar-refractivity contribution is -0.530. The molecule has 130 valence electrons. The Labute approximate surface area is 146 Å². The van der Waals surface area contributed by atoms with Crippen molar-refractivity contribution in [3.05, 3.63) is 70.3 Å². The summed E-state index contributed by atoms with van der Waals surface area (Å²) in [6, 6.07) is 14.6. The first-order chi connectivity index (χ1) is 12.1. The van der Waals surface area contributed by atoms with Crippen molar-refractivity contribution < 1.29 is 14.5 Å². The third kappa shape index (κ3) is 2.95. The summed E-state index contributed by atoms with van der Waals surface area (Å²) < 4.78 is 5.16. The highest BCUT2D eigenvalue weighted by Gasteiger charge is 2.55. The maximum Gasteiger partial charge on any atom is 0.249 e. The van der Waals surface area contributed by atoms with E-state index in [1.165, 1.54) is 0 Å². The predicted molar refractivity (Wildman–Crippen MR) is 94.2 cm³/mol. The van der Waals surface area contributed by atoms with E-state index in [4.69, 9.17) is 4.74 Å². The quantitative estimate of drug-likeness (QED) is 0.617. The van der Waals surface area contributed by atoms with Gasteiger partial charge in [0.15, 0.2) is 0 Å². The topological polar surface area (TPSA) is 72.7 Å². The summed E-state index contributed by atoms with van der Waals surface area (Å²) in [5.74, 6) is -0.171. The van der Waals surface area contributed by atoms with E-state index < -0.39 is 18.0 Å². The largest absolute Gasteiger partial charge is 0.497 e. The lowest BCUT2D eigenvalue weighted by Crippen LogP contribution is -2.33. The molecule has 0 aliphatic carbocycles. The maximum absolute atomic E-state index is 13.0. The monoisotopic (exact) mass is 340 g/mol. The van der Waals surface area contributed by atoms with Gasteiger partial charge in [0.2, 0.25) is 11.9 Å². The number of nitrogens with zero attached hydrogens (tertiary/aromatic N) is 2. The van der Waals surface area contributed by atoms with Gasteiger partial charge in [0.25, 0.3) is 0 Å². The molecule has 1 amide bonds. The van der Waals surface area contributed by atoms with Crippen LogP contribution in [-0.2, 0) is 4.79 Å². The Morgan fingerprint density at radius 3 is 2.28 bits per heavy atom. The first-order valence-electron chi connectivity index (χ1n) is 8.24. The van der Waals surface area contributed by atoms with Crippen molar-refractivity contribution in [1.82, 2.24) is 0 Å². The summed E-state index contributed by atoms with van der Waals surface area (Å²) in [6.45, 7) is 1.82. The zero-order chi connectivity index (χ0) is 18.0. The second-order valence-corrected chi connectivity index (χ2v) is 6.05. The predicted octanol–water partition coefficient (Wildman–Crippen LogP) is 3.45. The van der Waals surface area contributed by atoms with Gasteiger partial charge in [0.05, 0.1) is 7.11 Å². The third-order valence-corrected chi connectivity index (χ3v) is 4.74. The Balaban J connectivity index is 2.11. The molecule has 0 unspecified atom stereocenters. The standard InChI is InChI=1S/C19H20N2O4/c1-3-16-18(21(23)24)17(13-7-5-4-6-8-13)20(19(16)22)14-9-11-15(25-2)12-10-14/h4-12,16-18H,3H2,1-2H3/t16-,17+,18-/m1/s1. The molecule has 1 aliphatic rings. The van der Waals surface area contributed by atoms with Gasteiger partial charge in [-0.2, -0.15) is 0 Å². The fourth-order valence-electron chi connectivity index (χ4n) is 3.54. The van der Waals surface area contributed by atoms with Gasteiger partial charge < -0.3 is 4.74 Å². The van der Waals surface area contributed by atoms with Crippen molar-refractivity contribution >= 4 is 11.6 Å². The molecule has 6 heteroatoms. The summed E-state index contributed by atoms with van der Waals surface area (Å²) >= 11 is 0. The van der Waals surface area contributed by atoms with Crippen LogP contribution in [0.3, 0.4) is 0 Å². The highest BCUT2D eigenvalue weighted by atomic mass is 16.6. The second kappa shape index (κ2) is 6.93. The van der Waals surface area contributed by atoms with Crippen LogP contribution >= 0.6 is 0 Å². The molecule has 2 aromatic rings. The minimum atomic E-state index is -0.970. The molecule has 6 nitrogen and oxygen atoms in total. The molecule has 0 N–H and O–H groups in total. The lowest BCUT2D eigenvalue weighted by atomic mass is 9.92. The molecule has 3 rings (SSSR count). The average molecular weight is 340 g/mol. The van der Waals surface area contributed by atoms with Crippen LogP contribution in [0, 0.1) is 16.0 Å². The second-order valence-electron chi connectivity index (χ2n) is 6.05. The van der Waals surface area contributed by atoms with E-state index in [9.17, 15) is 14.9 Å². The molecule has 1 saturated heterocycles. The van der Waals surface area contributed by atoms with Gasteiger partial charge >= 0.3 is 0 Å². The van der Waals surface area contributed by atoms with Crippen LogP contribution in [0.1, 0.15) is 24.9 Å². The van der Waals surface area contributed by atoms with Gasteiger partial charge in [-0.05, 0) is 36.2 Å². The molecule has 1 aliphatic heterocycles. The van der Waals surface area contributed by atoms with Gasteiger partial charge in [-0.15, -0.1) is 0 Å². The zero-order valence-corrected chi connectivity index (χ0v) is 14.2. The highest BCUT2D eigenvalue weighted by Crippen LogP contribution is 2.42. The number of rotatable bonds is 5. The van der Waals surface area contributed by atoms with Gasteiger partial charge in [-0.25, -0.2) is 0 Å². The summed E-state index contributed by atoms with van der Waals surface area (Å²) in [5, 5.41) is 11.8. The Morgan fingerprint density at radius 1 is 1.12 bits per heavy atom. The van der Waals surface area contributed by atoms with Crippen molar-refractivity contribution in [1.29, 1.82) is 0 Å². The van der Waals surface area contributed by atoms with Crippen molar-refractivity contribution in [2.75, 3.05) is 12.0 Å². The maximum atomic E-state index is 13.0. The van der Waals surface area contributed by atoms with E-state index in [0.29, 0.717) is 17.9 Å². The normalized spacial score (nSPS) is 22.9. The first-order valence-corrected chi connectivity index (χ1v) is 8.24. The molecule has 0 radical (unpaired) electrons. The van der Waals surface area contributed by atoms with Crippen LogP contribution in [0.25, 0.3) is 0 Å². The van der Waals surface area contributed by atoms with Crippen LogP contribution in [-0.4, -0.2) is 24.0 Å². The molecule has 0 aromatic heterocycles. The Bertz CT molecular complexity index is 761. The molecule has 1 heterocycles. The molecule has 25 heavy (non-hydrogen) atoms. The molecular formula is C19H20N2O4. The van der Waals surface area contributed by atoms with E-state index in [1.54, 1.807) is 36.3 Å². The van der Waals surface area contributed by atoms with Crippen molar-refractivity contribution in [3.8, 4) is 5.75 Å². The summed E-state index contributed by atoms with van der Waals surface area (Å²) in [4.78, 5) is 26.0. The van der Waals surface area contributed by atoms with Gasteiger partial charge in [-0.1, -0.05) is 37.3 Å². The van der Waals surface area contributed by atoms with E-state index in [2.05, 4.69) is 0 Å². The zero-order valence-electron chi connectivity index (χ0n) is 14.2. The molecule has 0 saturated carbocycles. The third-order valence-electron chi connectivity index (χ3n) is 4.74. The van der Waals surface area contributed by atoms with Crippen LogP contribution in [0.2, 0.25) is 0 Å². The molecule has 0 spiro atoms. The first kappa shape index (κ1) is 17.0. The number of carbonyl (C=O) groups is 1. The van der Waals surface area contributed by atoms with Gasteiger partial charge in [0.1, 0.15) is 17.7 Å². The van der Waals surface area contributed by atoms with Gasteiger partial charge in [-0.3, -0.25) is 19.8 Å². The molecular weight excluding hydrogens is 320 g/mol. The fraction of sp³-hybridized carbons (Fsp3) is 0.316. The van der Waals surface area contributed by atoms with Crippen LogP contribution in [0.4, 0.5) is 5.69 Å². The molecule has 0 bridgehead atoms. The number of ether oxygens (including phenoxy) is 1. The van der Waals surface area contributed by atoms with Crippen molar-refractivity contribution in [2.24, 2.45) is 5.92 Å². The fourth-order valence-corrected chi connectivity index (χ4v) is 3.54. The average Bonchev–Trinajstić information content (AvgIpc) is 2.95. The van der Waals surface area contributed by atoms with Crippen LogP contribution in [0.5, 0.6) is 5.75 Å². The number of methoxy groups -OCH3 is 1. The number of amides is 1. The Morgan fingerprint density at radius 2 is 1.76 bits per heavy atom. The van der Waals surface area contributed by atoms with Crippen LogP contribution in [0.15, 0.2) is 54.6 Å². The summed E-state index contributed by atoms with van der Waals surface area (Å²) in [7, 11) is 1.57. The number of carbonyl (C=O) groups excluding carboxylic acids is 1. The smallest absolute Gasteiger partial charge is 0.249 e. The molecule has 3 atom stereocenters. The number of nitro groups is 1. The highest BCUT2D eigenvalue weighted by molar-refractivity contribution is 5.99. The number of anilines is 1. The number of hydrogen-bond acceptors (Lipinski definition) is 4. The van der Waals surface area contributed by atoms with Gasteiger partial charge in [0, 0.05) is 10.6 Å². The Kier molecular flexibility index (Phi) is 4.70. The van der Waals surface area contributed by atoms with E-state index in [-0.39, 0.29) is 10.8 Å². The Hall–Kier alpha value is -2.89. The van der Waals surface area contributed by atoms with E-state index in [0.717, 1.165) is 5.56 Å². The minimum absolute atomic E-state index is 0.205. The SMILES string of the molecule is CC[C@H]1C(=O)N(c2ccc(OC)cc2)[C@@H](c2ccccc2)[C@@H]1[N+](=O)[O-]. The molecule has 1 fully saturated rings. The lowest BCUT2D eigenvalue weighted by Gasteiger charge is -2.25. The summed E-state index contributed by atoms with van der Waals surface area (Å²) in [5.41, 5.74) is 1.41. The summed E-state index contributed by atoms with van der Waals surface area (Å²) in [6.07, 6.45) is 0.431. The molecule has 2 aromatic carbocycles.